The summed E-state index contributed by atoms with van der Waals surface area (Å²) in [4.78, 5) is 13.0. The van der Waals surface area contributed by atoms with E-state index in [1.807, 2.05) is 45.0 Å². The maximum Gasteiger partial charge on any atom is 0.261 e. The van der Waals surface area contributed by atoms with E-state index in [4.69, 9.17) is 0 Å². The Kier molecular flexibility index (Phi) is 6.27. The lowest BCUT2D eigenvalue weighted by molar-refractivity contribution is 0.0940. The molecule has 3 rings (SSSR count). The second-order valence-electron chi connectivity index (χ2n) is 7.50. The van der Waals surface area contributed by atoms with E-state index in [-0.39, 0.29) is 16.8 Å². The van der Waals surface area contributed by atoms with Crippen LogP contribution in [-0.2, 0) is 10.0 Å². The molecule has 0 aliphatic rings. The predicted molar refractivity (Wildman–Crippen MR) is 120 cm³/mol. The molecule has 0 bridgehead atoms. The Bertz CT molecular complexity index is 1170. The number of hydrogen-bond donors (Lipinski definition) is 2. The van der Waals surface area contributed by atoms with Crippen LogP contribution in [0.15, 0.2) is 71.6 Å². The summed E-state index contributed by atoms with van der Waals surface area (Å²) in [6, 6.07) is 19.3. The first kappa shape index (κ1) is 21.6. The largest absolute Gasteiger partial charge is 0.346 e. The molecule has 30 heavy (non-hydrogen) atoms. The maximum atomic E-state index is 12.8. The minimum atomic E-state index is -3.75. The third kappa shape index (κ3) is 4.89. The monoisotopic (exact) mass is 422 g/mol. The number of hydrogen-bond acceptors (Lipinski definition) is 3. The van der Waals surface area contributed by atoms with Gasteiger partial charge in [-0.1, -0.05) is 48.0 Å². The molecule has 3 aromatic rings. The van der Waals surface area contributed by atoms with Crippen molar-refractivity contribution in [2.24, 2.45) is 0 Å². The molecular weight excluding hydrogens is 396 g/mol. The summed E-state index contributed by atoms with van der Waals surface area (Å²) in [5.41, 5.74) is 4.62. The van der Waals surface area contributed by atoms with Gasteiger partial charge in [-0.25, -0.2) is 8.42 Å². The number of benzene rings is 3. The van der Waals surface area contributed by atoms with E-state index in [9.17, 15) is 13.2 Å². The van der Waals surface area contributed by atoms with Gasteiger partial charge in [0.25, 0.3) is 15.9 Å². The quantitative estimate of drug-likeness (QED) is 0.593. The molecule has 0 aromatic heterocycles. The first-order chi connectivity index (χ1) is 14.2. The fourth-order valence-corrected chi connectivity index (χ4v) is 4.35. The Balaban J connectivity index is 1.81. The van der Waals surface area contributed by atoms with Crippen LogP contribution in [0.3, 0.4) is 0 Å². The fraction of sp³-hybridized carbons (Fsp3) is 0.208. The summed E-state index contributed by atoms with van der Waals surface area (Å²) in [6.45, 7) is 7.62. The van der Waals surface area contributed by atoms with E-state index in [1.54, 1.807) is 49.4 Å². The number of anilines is 1. The van der Waals surface area contributed by atoms with Crippen LogP contribution in [0.25, 0.3) is 0 Å². The highest BCUT2D eigenvalue weighted by Gasteiger charge is 2.18. The van der Waals surface area contributed by atoms with Gasteiger partial charge in [0.15, 0.2) is 0 Å². The van der Waals surface area contributed by atoms with Gasteiger partial charge in [0.2, 0.25) is 0 Å². The Morgan fingerprint density at radius 3 is 2.20 bits per heavy atom. The summed E-state index contributed by atoms with van der Waals surface area (Å²) >= 11 is 0. The first-order valence-corrected chi connectivity index (χ1v) is 11.2. The molecule has 156 valence electrons. The normalized spacial score (nSPS) is 12.3. The lowest BCUT2D eigenvalue weighted by Gasteiger charge is -2.17. The zero-order valence-electron chi connectivity index (χ0n) is 17.6. The van der Waals surface area contributed by atoms with Crippen molar-refractivity contribution in [3.8, 4) is 0 Å². The van der Waals surface area contributed by atoms with Crippen molar-refractivity contribution in [3.05, 3.63) is 94.5 Å². The molecule has 0 radical (unpaired) electrons. The number of aryl methyl sites for hydroxylation is 3. The van der Waals surface area contributed by atoms with Gasteiger partial charge in [-0.2, -0.15) is 0 Å². The molecule has 0 spiro atoms. The molecular formula is C24H26N2O3S. The van der Waals surface area contributed by atoms with E-state index < -0.39 is 10.0 Å². The highest BCUT2D eigenvalue weighted by molar-refractivity contribution is 7.92. The zero-order chi connectivity index (χ0) is 21.9. The minimum absolute atomic E-state index is 0.173. The highest BCUT2D eigenvalue weighted by atomic mass is 32.2. The molecule has 5 nitrogen and oxygen atoms in total. The van der Waals surface area contributed by atoms with Gasteiger partial charge in [0, 0.05) is 5.56 Å². The third-order valence-corrected chi connectivity index (χ3v) is 6.46. The lowest BCUT2D eigenvalue weighted by Crippen LogP contribution is -2.27. The van der Waals surface area contributed by atoms with Crippen molar-refractivity contribution < 1.29 is 13.2 Å². The number of carbonyl (C=O) groups excluding carboxylic acids is 1. The van der Waals surface area contributed by atoms with Crippen LogP contribution >= 0.6 is 0 Å². The van der Waals surface area contributed by atoms with Crippen molar-refractivity contribution in [2.75, 3.05) is 4.72 Å². The number of rotatable bonds is 6. The van der Waals surface area contributed by atoms with E-state index in [1.165, 1.54) is 0 Å². The summed E-state index contributed by atoms with van der Waals surface area (Å²) in [7, 11) is -3.75. The molecule has 1 amide bonds. The van der Waals surface area contributed by atoms with E-state index in [0.717, 1.165) is 22.3 Å². The molecule has 2 N–H and O–H groups in total. The third-order valence-electron chi connectivity index (χ3n) is 5.08. The molecule has 0 saturated carbocycles. The van der Waals surface area contributed by atoms with Gasteiger partial charge in [0.05, 0.1) is 16.6 Å². The van der Waals surface area contributed by atoms with Crippen LogP contribution in [0.1, 0.15) is 45.6 Å². The molecule has 0 aliphatic carbocycles. The second-order valence-corrected chi connectivity index (χ2v) is 9.18. The zero-order valence-corrected chi connectivity index (χ0v) is 18.4. The standard InChI is InChI=1S/C24H26N2O3S/c1-16-9-13-21(14-10-16)30(28,29)26-23-15-20(12-11-18(23)3)24(27)25-19(4)22-8-6-5-7-17(22)2/h5-15,19,26H,1-4H3,(H,25,27). The van der Waals surface area contributed by atoms with E-state index in [2.05, 4.69) is 10.0 Å². The van der Waals surface area contributed by atoms with Crippen molar-refractivity contribution >= 4 is 21.6 Å². The van der Waals surface area contributed by atoms with Gasteiger partial charge in [-0.15, -0.1) is 0 Å². The van der Waals surface area contributed by atoms with Crippen LogP contribution in [-0.4, -0.2) is 14.3 Å². The molecule has 1 atom stereocenters. The summed E-state index contributed by atoms with van der Waals surface area (Å²) < 4.78 is 28.1. The topological polar surface area (TPSA) is 75.3 Å². The van der Waals surface area contributed by atoms with Gasteiger partial charge in [0.1, 0.15) is 0 Å². The average Bonchev–Trinajstić information content (AvgIpc) is 2.70. The van der Waals surface area contributed by atoms with Crippen LogP contribution in [0.4, 0.5) is 5.69 Å². The molecule has 0 heterocycles. The Labute approximate surface area is 178 Å². The SMILES string of the molecule is Cc1ccc(S(=O)(=O)Nc2cc(C(=O)NC(C)c3ccccc3C)ccc2C)cc1. The number of sulfonamides is 1. The van der Waals surface area contributed by atoms with Crippen LogP contribution in [0.5, 0.6) is 0 Å². The van der Waals surface area contributed by atoms with Gasteiger partial charge in [-0.05, 0) is 68.7 Å². The smallest absolute Gasteiger partial charge is 0.261 e. The fourth-order valence-electron chi connectivity index (χ4n) is 3.22. The Hall–Kier alpha value is -3.12. The molecule has 0 fully saturated rings. The molecule has 6 heteroatoms. The number of carbonyl (C=O) groups is 1. The molecule has 0 aliphatic heterocycles. The summed E-state index contributed by atoms with van der Waals surface area (Å²) in [6.07, 6.45) is 0. The van der Waals surface area contributed by atoms with Gasteiger partial charge >= 0.3 is 0 Å². The van der Waals surface area contributed by atoms with Crippen molar-refractivity contribution in [1.29, 1.82) is 0 Å². The second kappa shape index (κ2) is 8.71. The van der Waals surface area contributed by atoms with Crippen molar-refractivity contribution in [2.45, 2.75) is 38.6 Å². The van der Waals surface area contributed by atoms with Gasteiger partial charge < -0.3 is 5.32 Å². The maximum absolute atomic E-state index is 12.8. The van der Waals surface area contributed by atoms with Crippen LogP contribution < -0.4 is 10.0 Å². The van der Waals surface area contributed by atoms with Crippen LogP contribution in [0, 0.1) is 20.8 Å². The number of amides is 1. The molecule has 1 unspecified atom stereocenters. The van der Waals surface area contributed by atoms with Crippen molar-refractivity contribution in [1.82, 2.24) is 5.32 Å². The Morgan fingerprint density at radius 2 is 1.53 bits per heavy atom. The summed E-state index contributed by atoms with van der Waals surface area (Å²) in [5, 5.41) is 2.98. The highest BCUT2D eigenvalue weighted by Crippen LogP contribution is 2.23. The molecule has 3 aromatic carbocycles. The molecule has 0 saturated heterocycles. The van der Waals surface area contributed by atoms with E-state index in [0.29, 0.717) is 11.3 Å². The predicted octanol–water partition coefficient (Wildman–Crippen LogP) is 4.90. The summed E-state index contributed by atoms with van der Waals surface area (Å²) in [5.74, 6) is -0.262. The Morgan fingerprint density at radius 1 is 0.867 bits per heavy atom. The number of nitrogens with one attached hydrogen (secondary N) is 2. The average molecular weight is 423 g/mol. The lowest BCUT2D eigenvalue weighted by atomic mass is 10.0. The minimum Gasteiger partial charge on any atom is -0.346 e. The van der Waals surface area contributed by atoms with Crippen LogP contribution in [0.2, 0.25) is 0 Å². The first-order valence-electron chi connectivity index (χ1n) is 9.74. The van der Waals surface area contributed by atoms with Crippen molar-refractivity contribution in [3.63, 3.8) is 0 Å². The van der Waals surface area contributed by atoms with Gasteiger partial charge in [-0.3, -0.25) is 9.52 Å². The van der Waals surface area contributed by atoms with E-state index >= 15 is 0 Å².